The molecule has 1 N–H and O–H groups in total. The second kappa shape index (κ2) is 2.06. The van der Waals surface area contributed by atoms with Crippen LogP contribution in [0.5, 0.6) is 0 Å². The molecule has 0 spiro atoms. The van der Waals surface area contributed by atoms with Gasteiger partial charge in [0.25, 0.3) is 0 Å². The average Bonchev–Trinajstić information content (AvgIpc) is 2.28. The minimum atomic E-state index is 0.744. The lowest BCUT2D eigenvalue weighted by molar-refractivity contribution is 1.08. The van der Waals surface area contributed by atoms with E-state index in [-0.39, 0.29) is 0 Å². The van der Waals surface area contributed by atoms with Gasteiger partial charge in [-0.05, 0) is 0 Å². The molecule has 0 aromatic carbocycles. The minimum absolute atomic E-state index is 0.744. The fourth-order valence-corrected chi connectivity index (χ4v) is 0.805. The Kier molecular flexibility index (Phi) is 1.10. The van der Waals surface area contributed by atoms with Gasteiger partial charge in [0.15, 0.2) is 5.82 Å². The largest absolute Gasteiger partial charge is 0.259 e. The van der Waals surface area contributed by atoms with Crippen LogP contribution in [0.15, 0.2) is 16.2 Å². The molecule has 4 nitrogen and oxygen atoms in total. The number of hydrogen-bond acceptors (Lipinski definition) is 3. The van der Waals surface area contributed by atoms with Crippen molar-refractivity contribution in [1.29, 1.82) is 0 Å². The molecule has 2 rings (SSSR count). The molecular formula is C6H6N4. The first kappa shape index (κ1) is 5.34. The molecule has 0 unspecified atom stereocenters. The van der Waals surface area contributed by atoms with Crippen LogP contribution in [0.1, 0.15) is 6.42 Å². The van der Waals surface area contributed by atoms with E-state index in [1.54, 1.807) is 12.4 Å². The summed E-state index contributed by atoms with van der Waals surface area (Å²) in [4.78, 5) is 8.18. The van der Waals surface area contributed by atoms with Crippen LogP contribution in [0, 0.1) is 0 Å². The summed E-state index contributed by atoms with van der Waals surface area (Å²) in [6.07, 6.45) is 6.06. The Morgan fingerprint density at radius 3 is 3.20 bits per heavy atom. The normalized spacial score (nSPS) is 14.8. The monoisotopic (exact) mass is 134 g/mol. The quantitative estimate of drug-likeness (QED) is 0.569. The Bertz CT molecular complexity index is 257. The van der Waals surface area contributed by atoms with Crippen LogP contribution < -0.4 is 0 Å². The second-order valence-corrected chi connectivity index (χ2v) is 1.96. The zero-order valence-electron chi connectivity index (χ0n) is 5.28. The van der Waals surface area contributed by atoms with Gasteiger partial charge in [0.1, 0.15) is 5.69 Å². The first-order valence-electron chi connectivity index (χ1n) is 3.05. The van der Waals surface area contributed by atoms with E-state index >= 15 is 0 Å². The van der Waals surface area contributed by atoms with Gasteiger partial charge in [-0.3, -0.25) is 10.1 Å². The first-order chi connectivity index (χ1) is 4.97. The van der Waals surface area contributed by atoms with E-state index < -0.39 is 0 Å². The maximum Gasteiger partial charge on any atom is 0.173 e. The van der Waals surface area contributed by atoms with Crippen LogP contribution in [0.4, 0.5) is 11.5 Å². The fourth-order valence-electron chi connectivity index (χ4n) is 0.805. The Labute approximate surface area is 57.7 Å². The third-order valence-corrected chi connectivity index (χ3v) is 1.26. The smallest absolute Gasteiger partial charge is 0.173 e. The highest BCUT2D eigenvalue weighted by molar-refractivity contribution is 5.86. The zero-order chi connectivity index (χ0) is 6.81. The highest BCUT2D eigenvalue weighted by atomic mass is 15.2. The van der Waals surface area contributed by atoms with Crippen molar-refractivity contribution in [3.8, 4) is 0 Å². The minimum Gasteiger partial charge on any atom is -0.259 e. The molecule has 0 saturated heterocycles. The number of aromatic amines is 1. The van der Waals surface area contributed by atoms with Gasteiger partial charge in [-0.2, -0.15) is 5.10 Å². The molecule has 2 heterocycles. The standard InChI is InChI=1S/C6H6N4/c1-2-7-5-4-9-10-6(5)8-3-1/h2-4H,1H2,(H,9,10). The van der Waals surface area contributed by atoms with Gasteiger partial charge in [-0.1, -0.05) is 0 Å². The van der Waals surface area contributed by atoms with Crippen LogP contribution in [0.25, 0.3) is 0 Å². The van der Waals surface area contributed by atoms with Gasteiger partial charge in [0.05, 0.1) is 6.20 Å². The molecule has 0 fully saturated rings. The predicted octanol–water partition coefficient (Wildman–Crippen LogP) is 1.22. The molecule has 0 bridgehead atoms. The SMILES string of the molecule is C1=Nc2cn[nH]c2N=CC1. The number of aromatic nitrogens is 2. The third kappa shape index (κ3) is 0.737. The van der Waals surface area contributed by atoms with E-state index in [1.807, 2.05) is 6.21 Å². The highest BCUT2D eigenvalue weighted by Gasteiger charge is 2.00. The first-order valence-corrected chi connectivity index (χ1v) is 3.05. The molecule has 0 radical (unpaired) electrons. The van der Waals surface area contributed by atoms with Crippen LogP contribution >= 0.6 is 0 Å². The number of rotatable bonds is 0. The molecule has 1 aromatic heterocycles. The van der Waals surface area contributed by atoms with E-state index in [9.17, 15) is 0 Å². The van der Waals surface area contributed by atoms with E-state index in [2.05, 4.69) is 20.2 Å². The van der Waals surface area contributed by atoms with Gasteiger partial charge in [0.2, 0.25) is 0 Å². The maximum atomic E-state index is 4.10. The van der Waals surface area contributed by atoms with Crippen molar-refractivity contribution in [2.45, 2.75) is 6.42 Å². The fraction of sp³-hybridized carbons (Fsp3) is 0.167. The molecule has 50 valence electrons. The molecule has 0 aliphatic carbocycles. The molecule has 1 aromatic rings. The summed E-state index contributed by atoms with van der Waals surface area (Å²) in [5.41, 5.74) is 0.814. The summed E-state index contributed by atoms with van der Waals surface area (Å²) >= 11 is 0. The number of nitrogens with one attached hydrogen (secondary N) is 1. The van der Waals surface area contributed by atoms with Crippen LogP contribution in [-0.2, 0) is 0 Å². The van der Waals surface area contributed by atoms with E-state index in [0.29, 0.717) is 0 Å². The maximum absolute atomic E-state index is 4.10. The van der Waals surface area contributed by atoms with Gasteiger partial charge in [-0.15, -0.1) is 0 Å². The lowest BCUT2D eigenvalue weighted by Gasteiger charge is -1.82. The van der Waals surface area contributed by atoms with Crippen molar-refractivity contribution in [3.05, 3.63) is 6.20 Å². The van der Waals surface area contributed by atoms with Gasteiger partial charge in [0, 0.05) is 18.9 Å². The Hall–Kier alpha value is -1.45. The molecule has 0 amide bonds. The van der Waals surface area contributed by atoms with Crippen molar-refractivity contribution in [2.75, 3.05) is 0 Å². The number of aliphatic imine (C=N–C) groups is 2. The molecular weight excluding hydrogens is 128 g/mol. The van der Waals surface area contributed by atoms with E-state index in [1.165, 1.54) is 0 Å². The number of hydrogen-bond donors (Lipinski definition) is 1. The summed E-state index contributed by atoms with van der Waals surface area (Å²) in [6, 6.07) is 0. The number of H-pyrrole nitrogens is 1. The summed E-state index contributed by atoms with van der Waals surface area (Å²) in [6.45, 7) is 0. The van der Waals surface area contributed by atoms with Crippen molar-refractivity contribution >= 4 is 23.9 Å². The highest BCUT2D eigenvalue weighted by Crippen LogP contribution is 2.24. The van der Waals surface area contributed by atoms with Crippen molar-refractivity contribution < 1.29 is 0 Å². The van der Waals surface area contributed by atoms with Crippen molar-refractivity contribution in [2.24, 2.45) is 9.98 Å². The lowest BCUT2D eigenvalue weighted by Crippen LogP contribution is -1.72. The lowest BCUT2D eigenvalue weighted by atomic mass is 10.5. The predicted molar refractivity (Wildman–Crippen MR) is 39.5 cm³/mol. The summed E-state index contributed by atoms with van der Waals surface area (Å²) in [5, 5.41) is 6.53. The molecule has 0 atom stereocenters. The van der Waals surface area contributed by atoms with Gasteiger partial charge >= 0.3 is 0 Å². The summed E-state index contributed by atoms with van der Waals surface area (Å²) < 4.78 is 0. The van der Waals surface area contributed by atoms with Crippen LogP contribution in [0.3, 0.4) is 0 Å². The summed E-state index contributed by atoms with van der Waals surface area (Å²) in [7, 11) is 0. The number of nitrogens with zero attached hydrogens (tertiary/aromatic N) is 3. The third-order valence-electron chi connectivity index (χ3n) is 1.26. The van der Waals surface area contributed by atoms with E-state index in [0.717, 1.165) is 17.9 Å². The Morgan fingerprint density at radius 1 is 1.30 bits per heavy atom. The Balaban J connectivity index is 2.56. The molecule has 1 aliphatic rings. The summed E-state index contributed by atoms with van der Waals surface area (Å²) in [5.74, 6) is 0.744. The average molecular weight is 134 g/mol. The van der Waals surface area contributed by atoms with Gasteiger partial charge in [-0.25, -0.2) is 4.99 Å². The van der Waals surface area contributed by atoms with Crippen LogP contribution in [-0.4, -0.2) is 22.6 Å². The molecule has 10 heavy (non-hydrogen) atoms. The zero-order valence-corrected chi connectivity index (χ0v) is 5.28. The second-order valence-electron chi connectivity index (χ2n) is 1.96. The topological polar surface area (TPSA) is 53.4 Å². The molecule has 4 heteroatoms. The number of fused-ring (bicyclic) bond motifs is 1. The molecule has 1 aliphatic heterocycles. The van der Waals surface area contributed by atoms with Gasteiger partial charge < -0.3 is 0 Å². The Morgan fingerprint density at radius 2 is 2.20 bits per heavy atom. The van der Waals surface area contributed by atoms with Crippen LogP contribution in [0.2, 0.25) is 0 Å². The van der Waals surface area contributed by atoms with Crippen molar-refractivity contribution in [3.63, 3.8) is 0 Å². The van der Waals surface area contributed by atoms with E-state index in [4.69, 9.17) is 0 Å². The van der Waals surface area contributed by atoms with Crippen molar-refractivity contribution in [1.82, 2.24) is 10.2 Å². The molecule has 0 saturated carbocycles.